The lowest BCUT2D eigenvalue weighted by molar-refractivity contribution is 0.0928. The SMILES string of the molecule is CC(C)NCC(O)CO. The van der Waals surface area contributed by atoms with E-state index in [0.717, 1.165) is 0 Å². The molecule has 0 spiro atoms. The van der Waals surface area contributed by atoms with Gasteiger partial charge in [-0.1, -0.05) is 13.8 Å². The number of hydrogen-bond acceptors (Lipinski definition) is 3. The molecule has 0 aliphatic rings. The highest BCUT2D eigenvalue weighted by molar-refractivity contribution is 4.59. The first-order chi connectivity index (χ1) is 4.16. The summed E-state index contributed by atoms with van der Waals surface area (Å²) < 4.78 is 0. The number of nitrogens with one attached hydrogen (secondary N) is 1. The zero-order valence-corrected chi connectivity index (χ0v) is 5.96. The summed E-state index contributed by atoms with van der Waals surface area (Å²) in [4.78, 5) is 0. The molecule has 3 heteroatoms. The minimum absolute atomic E-state index is 0.167. The number of hydrogen-bond donors (Lipinski definition) is 3. The lowest BCUT2D eigenvalue weighted by Crippen LogP contribution is -2.33. The van der Waals surface area contributed by atoms with Crippen molar-refractivity contribution in [1.82, 2.24) is 5.32 Å². The smallest absolute Gasteiger partial charge is 0.0895 e. The average molecular weight is 133 g/mol. The molecule has 0 rings (SSSR count). The molecule has 0 aromatic rings. The monoisotopic (exact) mass is 133 g/mol. The Morgan fingerprint density at radius 1 is 1.44 bits per heavy atom. The van der Waals surface area contributed by atoms with Crippen LogP contribution in [0.25, 0.3) is 0 Å². The molecule has 0 fully saturated rings. The van der Waals surface area contributed by atoms with Gasteiger partial charge in [-0.3, -0.25) is 0 Å². The van der Waals surface area contributed by atoms with E-state index in [1.165, 1.54) is 0 Å². The largest absolute Gasteiger partial charge is 0.394 e. The second kappa shape index (κ2) is 4.73. The van der Waals surface area contributed by atoms with Gasteiger partial charge in [0, 0.05) is 12.6 Å². The third kappa shape index (κ3) is 5.76. The second-order valence-electron chi connectivity index (χ2n) is 2.40. The fraction of sp³-hybridized carbons (Fsp3) is 1.00. The van der Waals surface area contributed by atoms with Crippen molar-refractivity contribution in [2.24, 2.45) is 0 Å². The molecule has 0 aliphatic heterocycles. The summed E-state index contributed by atoms with van der Waals surface area (Å²) in [6.45, 7) is 4.28. The highest BCUT2D eigenvalue weighted by atomic mass is 16.3. The zero-order valence-electron chi connectivity index (χ0n) is 5.96. The van der Waals surface area contributed by atoms with E-state index in [-0.39, 0.29) is 6.61 Å². The molecule has 0 bridgehead atoms. The van der Waals surface area contributed by atoms with Gasteiger partial charge in [0.2, 0.25) is 0 Å². The van der Waals surface area contributed by atoms with E-state index in [1.54, 1.807) is 0 Å². The molecule has 0 aromatic carbocycles. The Morgan fingerprint density at radius 2 is 2.00 bits per heavy atom. The summed E-state index contributed by atoms with van der Waals surface area (Å²) in [7, 11) is 0. The van der Waals surface area contributed by atoms with E-state index in [2.05, 4.69) is 5.32 Å². The van der Waals surface area contributed by atoms with Crippen LogP contribution >= 0.6 is 0 Å². The molecule has 0 aliphatic carbocycles. The summed E-state index contributed by atoms with van der Waals surface area (Å²) in [6.07, 6.45) is -0.618. The minimum atomic E-state index is -0.618. The Bertz CT molecular complexity index is 66.1. The zero-order chi connectivity index (χ0) is 7.28. The molecule has 0 heterocycles. The molecule has 0 amide bonds. The van der Waals surface area contributed by atoms with E-state index >= 15 is 0 Å². The highest BCUT2D eigenvalue weighted by Crippen LogP contribution is 1.80. The first-order valence-electron chi connectivity index (χ1n) is 3.19. The quantitative estimate of drug-likeness (QED) is 0.477. The van der Waals surface area contributed by atoms with Gasteiger partial charge in [0.05, 0.1) is 12.7 Å². The van der Waals surface area contributed by atoms with Gasteiger partial charge in [0.1, 0.15) is 0 Å². The standard InChI is InChI=1S/C6H15NO2/c1-5(2)7-3-6(9)4-8/h5-9H,3-4H2,1-2H3. The normalized spacial score (nSPS) is 14.3. The van der Waals surface area contributed by atoms with E-state index in [0.29, 0.717) is 12.6 Å². The van der Waals surface area contributed by atoms with Crippen LogP contribution in [0.3, 0.4) is 0 Å². The maximum Gasteiger partial charge on any atom is 0.0895 e. The van der Waals surface area contributed by atoms with Crippen molar-refractivity contribution in [2.45, 2.75) is 26.0 Å². The lowest BCUT2D eigenvalue weighted by atomic mass is 10.3. The van der Waals surface area contributed by atoms with Crippen LogP contribution in [-0.2, 0) is 0 Å². The molecule has 0 aromatic heterocycles. The van der Waals surface area contributed by atoms with Gasteiger partial charge < -0.3 is 15.5 Å². The molecule has 56 valence electrons. The van der Waals surface area contributed by atoms with Crippen LogP contribution in [0.4, 0.5) is 0 Å². The maximum atomic E-state index is 8.79. The van der Waals surface area contributed by atoms with Crippen LogP contribution in [-0.4, -0.2) is 35.5 Å². The predicted octanol–water partition coefficient (Wildman–Crippen LogP) is -0.662. The third-order valence-corrected chi connectivity index (χ3v) is 0.972. The molecule has 0 saturated carbocycles. The van der Waals surface area contributed by atoms with Crippen LogP contribution in [0.2, 0.25) is 0 Å². The van der Waals surface area contributed by atoms with Gasteiger partial charge in [0.15, 0.2) is 0 Å². The van der Waals surface area contributed by atoms with Crippen molar-refractivity contribution in [2.75, 3.05) is 13.2 Å². The first-order valence-corrected chi connectivity index (χ1v) is 3.19. The Balaban J connectivity index is 3.06. The molecular weight excluding hydrogens is 118 g/mol. The summed E-state index contributed by atoms with van der Waals surface area (Å²) in [5, 5.41) is 20.1. The van der Waals surface area contributed by atoms with Crippen molar-refractivity contribution >= 4 is 0 Å². The van der Waals surface area contributed by atoms with E-state index in [1.807, 2.05) is 13.8 Å². The molecule has 3 N–H and O–H groups in total. The van der Waals surface area contributed by atoms with Crippen LogP contribution in [0, 0.1) is 0 Å². The Hall–Kier alpha value is -0.120. The van der Waals surface area contributed by atoms with Crippen molar-refractivity contribution < 1.29 is 10.2 Å². The average Bonchev–Trinajstić information content (AvgIpc) is 1.83. The molecule has 1 unspecified atom stereocenters. The van der Waals surface area contributed by atoms with Gasteiger partial charge in [-0.15, -0.1) is 0 Å². The van der Waals surface area contributed by atoms with Crippen molar-refractivity contribution in [3.8, 4) is 0 Å². The summed E-state index contributed by atoms with van der Waals surface area (Å²) in [5.41, 5.74) is 0. The summed E-state index contributed by atoms with van der Waals surface area (Å²) in [6, 6.07) is 0.367. The summed E-state index contributed by atoms with van der Waals surface area (Å²) >= 11 is 0. The van der Waals surface area contributed by atoms with E-state index in [9.17, 15) is 0 Å². The van der Waals surface area contributed by atoms with Crippen LogP contribution in [0.15, 0.2) is 0 Å². The van der Waals surface area contributed by atoms with Crippen molar-refractivity contribution in [3.63, 3.8) is 0 Å². The Kier molecular flexibility index (Phi) is 4.67. The number of aliphatic hydroxyl groups excluding tert-OH is 2. The number of aliphatic hydroxyl groups is 2. The lowest BCUT2D eigenvalue weighted by Gasteiger charge is -2.10. The maximum absolute atomic E-state index is 8.79. The molecule has 3 nitrogen and oxygen atoms in total. The molecule has 1 atom stereocenters. The number of rotatable bonds is 4. The molecule has 0 saturated heterocycles. The van der Waals surface area contributed by atoms with Gasteiger partial charge in [-0.2, -0.15) is 0 Å². The first kappa shape index (κ1) is 8.88. The third-order valence-electron chi connectivity index (χ3n) is 0.972. The summed E-state index contributed by atoms with van der Waals surface area (Å²) in [5.74, 6) is 0. The van der Waals surface area contributed by atoms with Crippen LogP contribution in [0.5, 0.6) is 0 Å². The highest BCUT2D eigenvalue weighted by Gasteiger charge is 2.00. The van der Waals surface area contributed by atoms with Gasteiger partial charge in [0.25, 0.3) is 0 Å². The van der Waals surface area contributed by atoms with Gasteiger partial charge >= 0.3 is 0 Å². The van der Waals surface area contributed by atoms with Crippen molar-refractivity contribution in [1.29, 1.82) is 0 Å². The Labute approximate surface area is 55.7 Å². The van der Waals surface area contributed by atoms with Gasteiger partial charge in [-0.05, 0) is 0 Å². The van der Waals surface area contributed by atoms with E-state index in [4.69, 9.17) is 10.2 Å². The van der Waals surface area contributed by atoms with Crippen molar-refractivity contribution in [3.05, 3.63) is 0 Å². The van der Waals surface area contributed by atoms with Gasteiger partial charge in [-0.25, -0.2) is 0 Å². The Morgan fingerprint density at radius 3 is 2.33 bits per heavy atom. The second-order valence-corrected chi connectivity index (χ2v) is 2.40. The van der Waals surface area contributed by atoms with Crippen LogP contribution < -0.4 is 5.32 Å². The fourth-order valence-corrected chi connectivity index (χ4v) is 0.436. The molecule has 9 heavy (non-hydrogen) atoms. The van der Waals surface area contributed by atoms with E-state index < -0.39 is 6.10 Å². The topological polar surface area (TPSA) is 52.5 Å². The minimum Gasteiger partial charge on any atom is -0.394 e. The fourth-order valence-electron chi connectivity index (χ4n) is 0.436. The molecular formula is C6H15NO2. The van der Waals surface area contributed by atoms with Crippen LogP contribution in [0.1, 0.15) is 13.8 Å². The molecule has 0 radical (unpaired) electrons. The predicted molar refractivity (Wildman–Crippen MR) is 36.2 cm³/mol.